The molecule has 1 aromatic heterocycles. The van der Waals surface area contributed by atoms with Crippen molar-refractivity contribution in [1.82, 2.24) is 9.97 Å². The molecular weight excluding hydrogens is 435 g/mol. The summed E-state index contributed by atoms with van der Waals surface area (Å²) < 4.78 is 24.7. The third-order valence-electron chi connectivity index (χ3n) is 4.39. The maximum absolute atomic E-state index is 14.0. The molecule has 162 valence electrons. The van der Waals surface area contributed by atoms with Gasteiger partial charge in [0.2, 0.25) is 11.1 Å². The van der Waals surface area contributed by atoms with E-state index in [1.165, 1.54) is 19.3 Å². The van der Waals surface area contributed by atoms with Crippen molar-refractivity contribution in [3.63, 3.8) is 0 Å². The van der Waals surface area contributed by atoms with E-state index in [0.717, 1.165) is 17.3 Å². The van der Waals surface area contributed by atoms with Crippen LogP contribution in [0.4, 0.5) is 10.1 Å². The quantitative estimate of drug-likeness (QED) is 0.312. The molecule has 0 saturated carbocycles. The van der Waals surface area contributed by atoms with Crippen LogP contribution in [-0.2, 0) is 4.79 Å². The number of nitriles is 1. The van der Waals surface area contributed by atoms with E-state index < -0.39 is 17.6 Å². The number of amides is 1. The Labute approximate surface area is 189 Å². The molecule has 3 aromatic rings. The van der Waals surface area contributed by atoms with Crippen LogP contribution in [0, 0.1) is 31.0 Å². The van der Waals surface area contributed by atoms with Crippen LogP contribution in [-0.4, -0.2) is 23.0 Å². The van der Waals surface area contributed by atoms with E-state index in [0.29, 0.717) is 11.3 Å². The molecule has 0 atom stereocenters. The lowest BCUT2D eigenvalue weighted by atomic mass is 10.1. The van der Waals surface area contributed by atoms with E-state index in [1.54, 1.807) is 12.1 Å². The van der Waals surface area contributed by atoms with Crippen LogP contribution < -0.4 is 14.8 Å². The van der Waals surface area contributed by atoms with Gasteiger partial charge in [0.1, 0.15) is 11.6 Å². The second-order valence-electron chi connectivity index (χ2n) is 6.75. The molecule has 0 bridgehead atoms. The zero-order valence-electron chi connectivity index (χ0n) is 17.4. The third-order valence-corrected chi connectivity index (χ3v) is 4.58. The lowest BCUT2D eigenvalue weighted by Gasteiger charge is -2.11. The van der Waals surface area contributed by atoms with E-state index in [4.69, 9.17) is 21.1 Å². The first-order valence-corrected chi connectivity index (χ1v) is 9.73. The molecule has 0 spiro atoms. The lowest BCUT2D eigenvalue weighted by molar-refractivity contribution is -0.112. The summed E-state index contributed by atoms with van der Waals surface area (Å²) >= 11 is 5.71. The monoisotopic (exact) mass is 452 g/mol. The van der Waals surface area contributed by atoms with Crippen LogP contribution in [0.3, 0.4) is 0 Å². The highest BCUT2D eigenvalue weighted by Crippen LogP contribution is 2.33. The minimum absolute atomic E-state index is 0.113. The molecule has 0 unspecified atom stereocenters. The van der Waals surface area contributed by atoms with E-state index in [9.17, 15) is 14.4 Å². The van der Waals surface area contributed by atoms with Crippen LogP contribution in [0.15, 0.2) is 48.2 Å². The van der Waals surface area contributed by atoms with Crippen molar-refractivity contribution in [3.8, 4) is 23.4 Å². The molecule has 0 fully saturated rings. The SMILES string of the molecule is COc1ccc(/C=C(\C#N)C(=O)Nc2cc(C)ccc2C)cc1Oc1nc(Cl)ncc1F. The van der Waals surface area contributed by atoms with Crippen molar-refractivity contribution in [2.24, 2.45) is 0 Å². The first-order chi connectivity index (χ1) is 15.3. The van der Waals surface area contributed by atoms with Crippen LogP contribution in [0.1, 0.15) is 16.7 Å². The Morgan fingerprint density at radius 3 is 2.72 bits per heavy atom. The van der Waals surface area contributed by atoms with Crippen LogP contribution in [0.5, 0.6) is 17.4 Å². The van der Waals surface area contributed by atoms with Crippen LogP contribution >= 0.6 is 11.6 Å². The van der Waals surface area contributed by atoms with Crippen molar-refractivity contribution in [1.29, 1.82) is 5.26 Å². The van der Waals surface area contributed by atoms with E-state index >= 15 is 0 Å². The van der Waals surface area contributed by atoms with Gasteiger partial charge in [-0.1, -0.05) is 18.2 Å². The smallest absolute Gasteiger partial charge is 0.266 e. The average Bonchev–Trinajstić information content (AvgIpc) is 2.77. The summed E-state index contributed by atoms with van der Waals surface area (Å²) in [5, 5.41) is 12.1. The zero-order chi connectivity index (χ0) is 23.3. The number of ether oxygens (including phenoxy) is 2. The summed E-state index contributed by atoms with van der Waals surface area (Å²) in [4.78, 5) is 19.9. The highest BCUT2D eigenvalue weighted by atomic mass is 35.5. The summed E-state index contributed by atoms with van der Waals surface area (Å²) in [7, 11) is 1.42. The van der Waals surface area contributed by atoms with E-state index in [2.05, 4.69) is 15.3 Å². The van der Waals surface area contributed by atoms with Gasteiger partial charge in [0.15, 0.2) is 11.5 Å². The van der Waals surface area contributed by atoms with E-state index in [-0.39, 0.29) is 22.4 Å². The standard InChI is InChI=1S/C23H18ClFN4O3/c1-13-4-5-14(2)18(8-13)28-21(30)16(11-26)9-15-6-7-19(31-3)20(10-15)32-22-17(25)12-27-23(24)29-22/h4-10,12H,1-3H3,(H,28,30)/b16-9+. The largest absolute Gasteiger partial charge is 0.493 e. The number of rotatable bonds is 6. The summed E-state index contributed by atoms with van der Waals surface area (Å²) in [5.74, 6) is -1.37. The summed E-state index contributed by atoms with van der Waals surface area (Å²) in [6.45, 7) is 3.76. The predicted octanol–water partition coefficient (Wildman–Crippen LogP) is 5.23. The number of nitrogens with one attached hydrogen (secondary N) is 1. The van der Waals surface area contributed by atoms with Gasteiger partial charge in [-0.05, 0) is 66.4 Å². The summed E-state index contributed by atoms with van der Waals surface area (Å²) in [6.07, 6.45) is 2.27. The van der Waals surface area contributed by atoms with Crippen molar-refractivity contribution in [3.05, 3.63) is 76.0 Å². The highest BCUT2D eigenvalue weighted by Gasteiger charge is 2.15. The first-order valence-electron chi connectivity index (χ1n) is 9.35. The Morgan fingerprint density at radius 1 is 1.22 bits per heavy atom. The van der Waals surface area contributed by atoms with Crippen molar-refractivity contribution in [2.45, 2.75) is 13.8 Å². The van der Waals surface area contributed by atoms with Crippen LogP contribution in [0.2, 0.25) is 5.28 Å². The fourth-order valence-electron chi connectivity index (χ4n) is 2.75. The van der Waals surface area contributed by atoms with Crippen LogP contribution in [0.25, 0.3) is 6.08 Å². The molecule has 3 rings (SSSR count). The van der Waals surface area contributed by atoms with Gasteiger partial charge in [0, 0.05) is 5.69 Å². The second kappa shape index (κ2) is 9.90. The minimum atomic E-state index is -0.817. The zero-order valence-corrected chi connectivity index (χ0v) is 18.2. The predicted molar refractivity (Wildman–Crippen MR) is 118 cm³/mol. The molecule has 1 amide bonds. The molecule has 9 heteroatoms. The van der Waals surface area contributed by atoms with Crippen molar-refractivity contribution >= 4 is 29.3 Å². The highest BCUT2D eigenvalue weighted by molar-refractivity contribution is 6.28. The first kappa shape index (κ1) is 22.7. The molecule has 0 aliphatic heterocycles. The number of aromatic nitrogens is 2. The van der Waals surface area contributed by atoms with Gasteiger partial charge in [-0.2, -0.15) is 14.6 Å². The van der Waals surface area contributed by atoms with Gasteiger partial charge in [-0.3, -0.25) is 4.79 Å². The maximum atomic E-state index is 14.0. The Bertz CT molecular complexity index is 1250. The second-order valence-corrected chi connectivity index (χ2v) is 7.08. The molecule has 1 N–H and O–H groups in total. The number of benzene rings is 2. The number of halogens is 2. The summed E-state index contributed by atoms with van der Waals surface area (Å²) in [6, 6.07) is 12.2. The van der Waals surface area contributed by atoms with Gasteiger partial charge in [0.25, 0.3) is 11.8 Å². The van der Waals surface area contributed by atoms with Gasteiger partial charge in [0.05, 0.1) is 13.3 Å². The number of anilines is 1. The Morgan fingerprint density at radius 2 is 2.00 bits per heavy atom. The average molecular weight is 453 g/mol. The number of aryl methyl sites for hydroxylation is 2. The molecule has 0 radical (unpaired) electrons. The maximum Gasteiger partial charge on any atom is 0.266 e. The molecule has 0 aliphatic rings. The number of nitrogens with zero attached hydrogens (tertiary/aromatic N) is 3. The molecule has 0 saturated heterocycles. The van der Waals surface area contributed by atoms with Gasteiger partial charge in [-0.15, -0.1) is 0 Å². The van der Waals surface area contributed by atoms with Gasteiger partial charge in [-0.25, -0.2) is 4.98 Å². The number of carbonyl (C=O) groups is 1. The molecule has 7 nitrogen and oxygen atoms in total. The topological polar surface area (TPSA) is 97.1 Å². The molecular formula is C23H18ClFN4O3. The molecule has 2 aromatic carbocycles. The third kappa shape index (κ3) is 5.39. The van der Waals surface area contributed by atoms with E-state index in [1.807, 2.05) is 38.1 Å². The Kier molecular flexibility index (Phi) is 7.03. The number of carbonyl (C=O) groups excluding carboxylic acids is 1. The Balaban J connectivity index is 1.91. The molecule has 0 aliphatic carbocycles. The van der Waals surface area contributed by atoms with Crippen molar-refractivity contribution < 1.29 is 18.7 Å². The van der Waals surface area contributed by atoms with Crippen molar-refractivity contribution in [2.75, 3.05) is 12.4 Å². The lowest BCUT2D eigenvalue weighted by Crippen LogP contribution is -2.14. The number of hydrogen-bond acceptors (Lipinski definition) is 6. The van der Waals surface area contributed by atoms with Gasteiger partial charge < -0.3 is 14.8 Å². The van der Waals surface area contributed by atoms with Gasteiger partial charge >= 0.3 is 0 Å². The normalized spacial score (nSPS) is 10.9. The Hall–Kier alpha value is -3.96. The molecule has 1 heterocycles. The summed E-state index contributed by atoms with van der Waals surface area (Å²) in [5.41, 5.74) is 2.78. The minimum Gasteiger partial charge on any atom is -0.493 e. The number of methoxy groups -OCH3 is 1. The fourth-order valence-corrected chi connectivity index (χ4v) is 2.87. The number of hydrogen-bond donors (Lipinski definition) is 1. The fraction of sp³-hybridized carbons (Fsp3) is 0.130. The molecule has 32 heavy (non-hydrogen) atoms.